The standard InChI is InChI=1S/C29H28N6O4/c1-4-21-13-20(15-30)12-18(3)26(21)27(36)33-23(29(37)38)14-19-5-7-22(8-6-19)28-35-34-25(39-28)16-32-24-11-17(2)9-10-31-24/h5-13,23H,4,14,16H2,1-3H3,(H,31,32)(H,33,36)(H,37,38). The van der Waals surface area contributed by atoms with Crippen LogP contribution < -0.4 is 10.6 Å². The van der Waals surface area contributed by atoms with Crippen molar-refractivity contribution in [3.63, 3.8) is 0 Å². The SMILES string of the molecule is CCc1cc(C#N)cc(C)c1C(=O)NC(Cc1ccc(-c2nnc(CNc3cc(C)ccn3)o2)cc1)C(=O)O. The summed E-state index contributed by atoms with van der Waals surface area (Å²) in [7, 11) is 0. The van der Waals surface area contributed by atoms with E-state index in [2.05, 4.69) is 31.9 Å². The highest BCUT2D eigenvalue weighted by atomic mass is 16.4. The molecule has 4 rings (SSSR count). The lowest BCUT2D eigenvalue weighted by atomic mass is 9.95. The van der Waals surface area contributed by atoms with Gasteiger partial charge in [-0.2, -0.15) is 5.26 Å². The summed E-state index contributed by atoms with van der Waals surface area (Å²) in [4.78, 5) is 29.3. The number of carbonyl (C=O) groups is 2. The second-order valence-electron chi connectivity index (χ2n) is 9.13. The molecule has 0 aliphatic heterocycles. The van der Waals surface area contributed by atoms with Crippen LogP contribution in [0.3, 0.4) is 0 Å². The first-order valence-corrected chi connectivity index (χ1v) is 12.4. The van der Waals surface area contributed by atoms with E-state index in [4.69, 9.17) is 4.42 Å². The Kier molecular flexibility index (Phi) is 8.31. The zero-order valence-corrected chi connectivity index (χ0v) is 21.9. The Morgan fingerprint density at radius 2 is 1.87 bits per heavy atom. The molecule has 2 heterocycles. The minimum Gasteiger partial charge on any atom is -0.480 e. The first-order chi connectivity index (χ1) is 18.8. The molecule has 2 aromatic carbocycles. The van der Waals surface area contributed by atoms with Gasteiger partial charge in [-0.05, 0) is 78.9 Å². The maximum Gasteiger partial charge on any atom is 0.326 e. The lowest BCUT2D eigenvalue weighted by molar-refractivity contribution is -0.139. The molecular formula is C29H28N6O4. The molecule has 4 aromatic rings. The average Bonchev–Trinajstić information content (AvgIpc) is 3.40. The highest BCUT2D eigenvalue weighted by molar-refractivity contribution is 5.99. The quantitative estimate of drug-likeness (QED) is 0.277. The Bertz CT molecular complexity index is 1540. The van der Waals surface area contributed by atoms with Gasteiger partial charge in [-0.1, -0.05) is 19.1 Å². The van der Waals surface area contributed by atoms with Gasteiger partial charge in [-0.3, -0.25) is 4.79 Å². The molecule has 39 heavy (non-hydrogen) atoms. The molecular weight excluding hydrogens is 496 g/mol. The van der Waals surface area contributed by atoms with Crippen molar-refractivity contribution < 1.29 is 19.1 Å². The third kappa shape index (κ3) is 6.64. The number of pyridine rings is 1. The van der Waals surface area contributed by atoms with Gasteiger partial charge in [0.25, 0.3) is 5.91 Å². The molecule has 10 heteroatoms. The number of amides is 1. The number of nitrogens with one attached hydrogen (secondary N) is 2. The third-order valence-corrected chi connectivity index (χ3v) is 6.20. The maximum absolute atomic E-state index is 13.1. The fraction of sp³-hybridized carbons (Fsp3) is 0.241. The molecule has 0 aliphatic carbocycles. The number of carboxylic acid groups (broad SMARTS) is 1. The van der Waals surface area contributed by atoms with E-state index in [-0.39, 0.29) is 6.42 Å². The van der Waals surface area contributed by atoms with Crippen molar-refractivity contribution >= 4 is 17.7 Å². The van der Waals surface area contributed by atoms with E-state index in [9.17, 15) is 20.0 Å². The van der Waals surface area contributed by atoms with Gasteiger partial charge < -0.3 is 20.2 Å². The highest BCUT2D eigenvalue weighted by Gasteiger charge is 2.24. The van der Waals surface area contributed by atoms with E-state index in [0.29, 0.717) is 63.9 Å². The lowest BCUT2D eigenvalue weighted by Gasteiger charge is -2.18. The predicted molar refractivity (Wildman–Crippen MR) is 144 cm³/mol. The summed E-state index contributed by atoms with van der Waals surface area (Å²) in [6.07, 6.45) is 2.34. The van der Waals surface area contributed by atoms with E-state index in [0.717, 1.165) is 5.56 Å². The Labute approximate surface area is 225 Å². The number of anilines is 1. The highest BCUT2D eigenvalue weighted by Crippen LogP contribution is 2.21. The molecule has 0 spiro atoms. The molecule has 0 aliphatic rings. The molecule has 1 atom stereocenters. The van der Waals surface area contributed by atoms with Crippen LogP contribution in [0.1, 0.15) is 51.0 Å². The van der Waals surface area contributed by atoms with Crippen LogP contribution in [0.25, 0.3) is 11.5 Å². The van der Waals surface area contributed by atoms with Gasteiger partial charge in [0.15, 0.2) is 0 Å². The van der Waals surface area contributed by atoms with Gasteiger partial charge >= 0.3 is 5.97 Å². The zero-order valence-electron chi connectivity index (χ0n) is 21.9. The minimum atomic E-state index is -1.14. The summed E-state index contributed by atoms with van der Waals surface area (Å²) in [5.74, 6) is -0.184. The second-order valence-corrected chi connectivity index (χ2v) is 9.13. The normalized spacial score (nSPS) is 11.4. The predicted octanol–water partition coefficient (Wildman–Crippen LogP) is 4.22. The van der Waals surface area contributed by atoms with Crippen LogP contribution in [-0.4, -0.2) is 38.2 Å². The van der Waals surface area contributed by atoms with Gasteiger partial charge in [0.05, 0.1) is 18.2 Å². The van der Waals surface area contributed by atoms with Gasteiger partial charge in [-0.15, -0.1) is 10.2 Å². The minimum absolute atomic E-state index is 0.0840. The molecule has 1 amide bonds. The van der Waals surface area contributed by atoms with E-state index in [1.165, 1.54) is 0 Å². The van der Waals surface area contributed by atoms with Crippen LogP contribution in [0.5, 0.6) is 0 Å². The van der Waals surface area contributed by atoms with Crippen LogP contribution in [0.15, 0.2) is 59.1 Å². The number of benzene rings is 2. The summed E-state index contributed by atoms with van der Waals surface area (Å²) >= 11 is 0. The Morgan fingerprint density at radius 3 is 2.54 bits per heavy atom. The smallest absolute Gasteiger partial charge is 0.326 e. The van der Waals surface area contributed by atoms with Crippen molar-refractivity contribution in [2.24, 2.45) is 0 Å². The van der Waals surface area contributed by atoms with Gasteiger partial charge in [0.1, 0.15) is 11.9 Å². The number of aryl methyl sites for hydroxylation is 3. The first-order valence-electron chi connectivity index (χ1n) is 12.4. The number of aromatic nitrogens is 3. The number of hydrogen-bond donors (Lipinski definition) is 3. The second kappa shape index (κ2) is 12.0. The van der Waals surface area contributed by atoms with E-state index in [1.807, 2.05) is 26.0 Å². The monoisotopic (exact) mass is 524 g/mol. The number of rotatable bonds is 10. The zero-order chi connectivity index (χ0) is 27.9. The van der Waals surface area contributed by atoms with E-state index < -0.39 is 17.9 Å². The van der Waals surface area contributed by atoms with Crippen molar-refractivity contribution in [3.05, 3.63) is 94.0 Å². The largest absolute Gasteiger partial charge is 0.480 e. The number of aliphatic carboxylic acids is 1. The summed E-state index contributed by atoms with van der Waals surface area (Å²) in [6.45, 7) is 5.92. The molecule has 10 nitrogen and oxygen atoms in total. The summed E-state index contributed by atoms with van der Waals surface area (Å²) < 4.78 is 5.75. The number of carbonyl (C=O) groups excluding carboxylic acids is 1. The lowest BCUT2D eigenvalue weighted by Crippen LogP contribution is -2.42. The molecule has 0 fully saturated rings. The Morgan fingerprint density at radius 1 is 1.10 bits per heavy atom. The molecule has 198 valence electrons. The van der Waals surface area contributed by atoms with Crippen LogP contribution in [0, 0.1) is 25.2 Å². The van der Waals surface area contributed by atoms with Crippen molar-refractivity contribution in [3.8, 4) is 17.5 Å². The van der Waals surface area contributed by atoms with Crippen LogP contribution in [0.2, 0.25) is 0 Å². The molecule has 0 radical (unpaired) electrons. The topological polar surface area (TPSA) is 154 Å². The van der Waals surface area contributed by atoms with Crippen molar-refractivity contribution in [2.75, 3.05) is 5.32 Å². The van der Waals surface area contributed by atoms with E-state index in [1.54, 1.807) is 49.5 Å². The summed E-state index contributed by atoms with van der Waals surface area (Å²) in [6, 6.07) is 15.1. The molecule has 3 N–H and O–H groups in total. The number of nitrogens with zero attached hydrogens (tertiary/aromatic N) is 4. The fourth-order valence-corrected chi connectivity index (χ4v) is 4.22. The van der Waals surface area contributed by atoms with Crippen LogP contribution in [0.4, 0.5) is 5.82 Å². The Hall–Kier alpha value is -5.04. The van der Waals surface area contributed by atoms with Crippen LogP contribution >= 0.6 is 0 Å². The van der Waals surface area contributed by atoms with Gasteiger partial charge in [0.2, 0.25) is 11.8 Å². The van der Waals surface area contributed by atoms with Crippen molar-refractivity contribution in [2.45, 2.75) is 46.2 Å². The van der Waals surface area contributed by atoms with E-state index >= 15 is 0 Å². The number of carboxylic acids is 1. The maximum atomic E-state index is 13.1. The van der Waals surface area contributed by atoms with Gasteiger partial charge in [-0.25, -0.2) is 9.78 Å². The fourth-order valence-electron chi connectivity index (χ4n) is 4.22. The first kappa shape index (κ1) is 27.0. The molecule has 1 unspecified atom stereocenters. The number of nitriles is 1. The van der Waals surface area contributed by atoms with Crippen LogP contribution in [-0.2, 0) is 24.2 Å². The molecule has 0 bridgehead atoms. The van der Waals surface area contributed by atoms with Crippen molar-refractivity contribution in [1.29, 1.82) is 5.26 Å². The summed E-state index contributed by atoms with van der Waals surface area (Å²) in [5.41, 5.74) is 4.66. The average molecular weight is 525 g/mol. The van der Waals surface area contributed by atoms with Crippen molar-refractivity contribution in [1.82, 2.24) is 20.5 Å². The molecule has 2 aromatic heterocycles. The van der Waals surface area contributed by atoms with Gasteiger partial charge in [0, 0.05) is 23.7 Å². The summed E-state index contributed by atoms with van der Waals surface area (Å²) in [5, 5.41) is 33.0. The third-order valence-electron chi connectivity index (χ3n) is 6.20. The molecule has 0 saturated carbocycles. The Balaban J connectivity index is 1.42. The molecule has 0 saturated heterocycles. The number of hydrogen-bond acceptors (Lipinski definition) is 8.